The topological polar surface area (TPSA) is 62.2 Å². The summed E-state index contributed by atoms with van der Waals surface area (Å²) in [5.41, 5.74) is 1.34. The fraction of sp³-hybridized carbons (Fsp3) is 0.375. The number of carbonyl (C=O) groups excluding carboxylic acids is 1. The maximum Gasteiger partial charge on any atom is 0.270 e. The Hall–Kier alpha value is -1.79. The van der Waals surface area contributed by atoms with Gasteiger partial charge in [0, 0.05) is 18.3 Å². The minimum Gasteiger partial charge on any atom is -0.393 e. The Kier molecular flexibility index (Phi) is 6.03. The summed E-state index contributed by atoms with van der Waals surface area (Å²) in [4.78, 5) is 16.2. The quantitative estimate of drug-likeness (QED) is 0.824. The van der Waals surface area contributed by atoms with Gasteiger partial charge in [0.25, 0.3) is 5.91 Å². The van der Waals surface area contributed by atoms with Gasteiger partial charge < -0.3 is 10.4 Å². The van der Waals surface area contributed by atoms with Crippen LogP contribution in [0.5, 0.6) is 0 Å². The highest BCUT2D eigenvalue weighted by atomic mass is 32.1. The number of hydrogen-bond donors (Lipinski definition) is 2. The molecule has 1 heterocycles. The van der Waals surface area contributed by atoms with Gasteiger partial charge in [-0.2, -0.15) is 0 Å². The first kappa shape index (κ1) is 16.6. The third-order valence-electron chi connectivity index (χ3n) is 3.29. The molecule has 2 rings (SSSR count). The summed E-state index contributed by atoms with van der Waals surface area (Å²) in [6.07, 6.45) is 1.40. The van der Waals surface area contributed by atoms with Crippen molar-refractivity contribution in [3.8, 4) is 0 Å². The summed E-state index contributed by atoms with van der Waals surface area (Å²) in [6.45, 7) is 2.33. The van der Waals surface area contributed by atoms with E-state index >= 15 is 0 Å². The number of nitrogens with zero attached hydrogens (tertiary/aromatic N) is 1. The zero-order chi connectivity index (χ0) is 15.9. The molecular formula is C16H19FN2O2S. The Morgan fingerprint density at radius 3 is 2.82 bits per heavy atom. The Labute approximate surface area is 133 Å². The van der Waals surface area contributed by atoms with Crippen molar-refractivity contribution in [3.05, 3.63) is 51.7 Å². The lowest BCUT2D eigenvalue weighted by molar-refractivity contribution is 0.0937. The van der Waals surface area contributed by atoms with Gasteiger partial charge in [0.2, 0.25) is 0 Å². The predicted octanol–water partition coefficient (Wildman–Crippen LogP) is 2.76. The van der Waals surface area contributed by atoms with E-state index < -0.39 is 0 Å². The zero-order valence-electron chi connectivity index (χ0n) is 12.4. The van der Waals surface area contributed by atoms with E-state index in [0.29, 0.717) is 31.5 Å². The second kappa shape index (κ2) is 8.00. The first-order valence-corrected chi connectivity index (χ1v) is 8.11. The van der Waals surface area contributed by atoms with Crippen LogP contribution in [0.15, 0.2) is 29.6 Å². The number of aliphatic hydroxyl groups excluding tert-OH is 1. The molecule has 6 heteroatoms. The van der Waals surface area contributed by atoms with Gasteiger partial charge in [-0.3, -0.25) is 4.79 Å². The minimum absolute atomic E-state index is 0.232. The number of carbonyl (C=O) groups is 1. The highest BCUT2D eigenvalue weighted by Crippen LogP contribution is 2.15. The van der Waals surface area contributed by atoms with E-state index in [1.54, 1.807) is 17.5 Å². The normalized spacial score (nSPS) is 12.1. The molecule has 1 aromatic carbocycles. The van der Waals surface area contributed by atoms with Gasteiger partial charge in [-0.1, -0.05) is 19.1 Å². The highest BCUT2D eigenvalue weighted by Gasteiger charge is 2.11. The van der Waals surface area contributed by atoms with E-state index in [9.17, 15) is 14.3 Å². The van der Waals surface area contributed by atoms with E-state index in [1.807, 2.05) is 6.92 Å². The number of aromatic nitrogens is 1. The van der Waals surface area contributed by atoms with E-state index in [4.69, 9.17) is 0 Å². The van der Waals surface area contributed by atoms with Gasteiger partial charge in [0.05, 0.1) is 11.1 Å². The lowest BCUT2D eigenvalue weighted by Crippen LogP contribution is -2.27. The Morgan fingerprint density at radius 1 is 1.41 bits per heavy atom. The molecule has 4 nitrogen and oxygen atoms in total. The fourth-order valence-corrected chi connectivity index (χ4v) is 2.73. The van der Waals surface area contributed by atoms with Crippen molar-refractivity contribution >= 4 is 17.2 Å². The van der Waals surface area contributed by atoms with Crippen LogP contribution < -0.4 is 5.32 Å². The molecule has 0 radical (unpaired) electrons. The first-order chi connectivity index (χ1) is 10.6. The summed E-state index contributed by atoms with van der Waals surface area (Å²) in [6, 6.07) is 6.25. The molecule has 0 fully saturated rings. The van der Waals surface area contributed by atoms with Crippen LogP contribution >= 0.6 is 11.3 Å². The van der Waals surface area contributed by atoms with Crippen LogP contribution in [-0.2, 0) is 6.42 Å². The molecule has 0 saturated carbocycles. The maximum absolute atomic E-state index is 12.9. The van der Waals surface area contributed by atoms with Crippen molar-refractivity contribution in [3.63, 3.8) is 0 Å². The van der Waals surface area contributed by atoms with E-state index in [-0.39, 0.29) is 17.8 Å². The molecule has 2 aromatic rings. The van der Waals surface area contributed by atoms with Crippen LogP contribution in [0.3, 0.4) is 0 Å². The maximum atomic E-state index is 12.9. The summed E-state index contributed by atoms with van der Waals surface area (Å²) in [7, 11) is 0. The molecule has 0 aliphatic carbocycles. The average Bonchev–Trinajstić information content (AvgIpc) is 2.98. The minimum atomic E-state index is -0.384. The summed E-state index contributed by atoms with van der Waals surface area (Å²) < 4.78 is 12.9. The Bertz CT molecular complexity index is 613. The molecule has 1 amide bonds. The number of nitrogens with one attached hydrogen (secondary N) is 1. The van der Waals surface area contributed by atoms with Crippen molar-refractivity contribution < 1.29 is 14.3 Å². The monoisotopic (exact) mass is 322 g/mol. The second-order valence-electron chi connectivity index (χ2n) is 5.04. The predicted molar refractivity (Wildman–Crippen MR) is 84.6 cm³/mol. The SMILES string of the molecule is CCC(O)CCNC(=O)c1csc(Cc2ccc(F)cc2)n1. The number of halogens is 1. The molecule has 0 spiro atoms. The summed E-state index contributed by atoms with van der Waals surface area (Å²) >= 11 is 1.41. The Morgan fingerprint density at radius 2 is 2.14 bits per heavy atom. The molecule has 1 atom stereocenters. The van der Waals surface area contributed by atoms with Crippen LogP contribution in [0.25, 0.3) is 0 Å². The zero-order valence-corrected chi connectivity index (χ0v) is 13.2. The average molecular weight is 322 g/mol. The number of aliphatic hydroxyl groups is 1. The molecule has 0 bridgehead atoms. The van der Waals surface area contributed by atoms with Gasteiger partial charge >= 0.3 is 0 Å². The molecule has 22 heavy (non-hydrogen) atoms. The molecular weight excluding hydrogens is 303 g/mol. The van der Waals surface area contributed by atoms with Gasteiger partial charge in [0.15, 0.2) is 0 Å². The highest BCUT2D eigenvalue weighted by molar-refractivity contribution is 7.09. The van der Waals surface area contributed by atoms with Crippen molar-refractivity contribution in [2.75, 3.05) is 6.54 Å². The standard InChI is InChI=1S/C16H19FN2O2S/c1-2-13(20)7-8-18-16(21)14-10-22-15(19-14)9-11-3-5-12(17)6-4-11/h3-6,10,13,20H,2,7-9H2,1H3,(H,18,21). The van der Waals surface area contributed by atoms with Crippen LogP contribution in [-0.4, -0.2) is 28.6 Å². The second-order valence-corrected chi connectivity index (χ2v) is 5.98. The van der Waals surface area contributed by atoms with E-state index in [2.05, 4.69) is 10.3 Å². The van der Waals surface area contributed by atoms with Gasteiger partial charge in [0.1, 0.15) is 11.5 Å². The molecule has 0 aliphatic heterocycles. The van der Waals surface area contributed by atoms with Crippen molar-refractivity contribution in [1.29, 1.82) is 0 Å². The van der Waals surface area contributed by atoms with Crippen LogP contribution in [0.2, 0.25) is 0 Å². The number of benzene rings is 1. The smallest absolute Gasteiger partial charge is 0.270 e. The molecule has 118 valence electrons. The van der Waals surface area contributed by atoms with Crippen molar-refractivity contribution in [2.45, 2.75) is 32.3 Å². The van der Waals surface area contributed by atoms with E-state index in [1.165, 1.54) is 23.5 Å². The largest absolute Gasteiger partial charge is 0.393 e. The molecule has 1 aromatic heterocycles. The number of rotatable bonds is 7. The van der Waals surface area contributed by atoms with E-state index in [0.717, 1.165) is 10.6 Å². The van der Waals surface area contributed by atoms with Crippen LogP contribution in [0.4, 0.5) is 4.39 Å². The Balaban J connectivity index is 1.87. The number of thiazole rings is 1. The third-order valence-corrected chi connectivity index (χ3v) is 4.14. The first-order valence-electron chi connectivity index (χ1n) is 7.23. The summed E-state index contributed by atoms with van der Waals surface area (Å²) in [5.74, 6) is -0.498. The van der Waals surface area contributed by atoms with Crippen molar-refractivity contribution in [2.24, 2.45) is 0 Å². The van der Waals surface area contributed by atoms with Crippen LogP contribution in [0.1, 0.15) is 40.8 Å². The lowest BCUT2D eigenvalue weighted by atomic mass is 10.1. The third kappa shape index (κ3) is 4.89. The fourth-order valence-electron chi connectivity index (χ4n) is 1.92. The molecule has 0 saturated heterocycles. The summed E-state index contributed by atoms with van der Waals surface area (Å²) in [5, 5.41) is 14.7. The lowest BCUT2D eigenvalue weighted by Gasteiger charge is -2.07. The molecule has 1 unspecified atom stereocenters. The van der Waals surface area contributed by atoms with Gasteiger partial charge in [-0.05, 0) is 30.5 Å². The van der Waals surface area contributed by atoms with Crippen molar-refractivity contribution in [1.82, 2.24) is 10.3 Å². The number of hydrogen-bond acceptors (Lipinski definition) is 4. The van der Waals surface area contributed by atoms with Gasteiger partial charge in [-0.25, -0.2) is 9.37 Å². The molecule has 2 N–H and O–H groups in total. The molecule has 0 aliphatic rings. The van der Waals surface area contributed by atoms with Gasteiger partial charge in [-0.15, -0.1) is 11.3 Å². The number of amides is 1. The van der Waals surface area contributed by atoms with Crippen LogP contribution in [0, 0.1) is 5.82 Å².